The molecule has 0 spiro atoms. The van der Waals surface area contributed by atoms with Crippen molar-refractivity contribution in [1.29, 1.82) is 5.41 Å². The highest BCUT2D eigenvalue weighted by molar-refractivity contribution is 7.11. The van der Waals surface area contributed by atoms with Crippen LogP contribution in [0, 0.1) is 5.41 Å². The molecule has 24 heavy (non-hydrogen) atoms. The Hall–Kier alpha value is -2.54. The zero-order chi connectivity index (χ0) is 17.3. The maximum Gasteiger partial charge on any atom is 0.139 e. The van der Waals surface area contributed by atoms with Crippen molar-refractivity contribution in [2.24, 2.45) is 0 Å². The maximum atomic E-state index is 10.4. The third-order valence-corrected chi connectivity index (χ3v) is 4.79. The molecule has 0 unspecified atom stereocenters. The smallest absolute Gasteiger partial charge is 0.139 e. The van der Waals surface area contributed by atoms with Crippen LogP contribution in [0.3, 0.4) is 0 Å². The lowest BCUT2D eigenvalue weighted by Crippen LogP contribution is -2.26. The molecule has 1 aromatic carbocycles. The van der Waals surface area contributed by atoms with Crippen molar-refractivity contribution in [1.82, 2.24) is 4.98 Å². The van der Waals surface area contributed by atoms with Gasteiger partial charge in [-0.3, -0.25) is 5.41 Å². The van der Waals surface area contributed by atoms with Crippen LogP contribution in [-0.4, -0.2) is 36.7 Å². The second kappa shape index (κ2) is 6.52. The van der Waals surface area contributed by atoms with Gasteiger partial charge in [-0.25, -0.2) is 4.98 Å². The summed E-state index contributed by atoms with van der Waals surface area (Å²) in [5, 5.41) is 21.5. The highest BCUT2D eigenvalue weighted by Crippen LogP contribution is 2.35. The van der Waals surface area contributed by atoms with Crippen molar-refractivity contribution in [3.63, 3.8) is 0 Å². The predicted octanol–water partition coefficient (Wildman–Crippen LogP) is 3.49. The largest absolute Gasteiger partial charge is 0.510 e. The van der Waals surface area contributed by atoms with Gasteiger partial charge in [-0.15, -0.1) is 11.3 Å². The number of aliphatic hydroxyl groups excluding tert-OH is 1. The number of aromatic nitrogens is 1. The first kappa shape index (κ1) is 16.3. The number of hydrogen-bond acceptors (Lipinski definition) is 6. The van der Waals surface area contributed by atoms with Crippen LogP contribution in [0.25, 0.3) is 5.57 Å². The van der Waals surface area contributed by atoms with E-state index in [-0.39, 0.29) is 18.1 Å². The second-order valence-corrected chi connectivity index (χ2v) is 6.18. The van der Waals surface area contributed by atoms with Gasteiger partial charge >= 0.3 is 0 Å². The minimum atomic E-state index is 0.152. The molecule has 1 aliphatic rings. The number of aliphatic hydroxyl groups is 1. The van der Waals surface area contributed by atoms with Gasteiger partial charge in [0.15, 0.2) is 0 Å². The molecule has 0 atom stereocenters. The number of thiazole rings is 1. The van der Waals surface area contributed by atoms with E-state index < -0.39 is 0 Å². The van der Waals surface area contributed by atoms with E-state index in [1.54, 1.807) is 25.2 Å². The highest BCUT2D eigenvalue weighted by Gasteiger charge is 2.31. The fraction of sp³-hybridized carbons (Fsp3) is 0.294. The molecule has 2 heterocycles. The van der Waals surface area contributed by atoms with Gasteiger partial charge < -0.3 is 19.5 Å². The van der Waals surface area contributed by atoms with Crippen LogP contribution in [0.1, 0.15) is 17.6 Å². The van der Waals surface area contributed by atoms with E-state index in [0.717, 1.165) is 17.8 Å². The summed E-state index contributed by atoms with van der Waals surface area (Å²) in [5.41, 5.74) is 2.18. The first-order chi connectivity index (χ1) is 11.6. The molecule has 0 fully saturated rings. The summed E-state index contributed by atoms with van der Waals surface area (Å²) in [5.74, 6) is 1.64. The number of nitrogens with one attached hydrogen (secondary N) is 1. The molecular weight excluding hydrogens is 326 g/mol. The number of benzene rings is 1. The van der Waals surface area contributed by atoms with Crippen LogP contribution in [0.5, 0.6) is 11.5 Å². The van der Waals surface area contributed by atoms with E-state index in [0.29, 0.717) is 22.1 Å². The molecule has 6 nitrogen and oxygen atoms in total. The van der Waals surface area contributed by atoms with Gasteiger partial charge in [0.05, 0.1) is 37.7 Å². The van der Waals surface area contributed by atoms with Crippen LogP contribution < -0.4 is 14.4 Å². The average molecular weight is 345 g/mol. The van der Waals surface area contributed by atoms with Crippen LogP contribution in [0.2, 0.25) is 0 Å². The molecule has 0 bridgehead atoms. The van der Waals surface area contributed by atoms with Gasteiger partial charge in [-0.05, 0) is 6.42 Å². The summed E-state index contributed by atoms with van der Waals surface area (Å²) < 4.78 is 10.6. The summed E-state index contributed by atoms with van der Waals surface area (Å²) in [6, 6.07) is 5.39. The second-order valence-electron chi connectivity index (χ2n) is 5.32. The number of rotatable bonds is 5. The minimum Gasteiger partial charge on any atom is -0.510 e. The minimum absolute atomic E-state index is 0.152. The predicted molar refractivity (Wildman–Crippen MR) is 95.7 cm³/mol. The molecule has 2 N–H and O–H groups in total. The molecule has 3 rings (SSSR count). The van der Waals surface area contributed by atoms with Crippen molar-refractivity contribution in [3.8, 4) is 11.5 Å². The fourth-order valence-corrected chi connectivity index (χ4v) is 3.53. The number of ether oxygens (including phenoxy) is 2. The molecule has 0 saturated carbocycles. The van der Waals surface area contributed by atoms with E-state index in [9.17, 15) is 5.11 Å². The molecule has 126 valence electrons. The average Bonchev–Trinajstić information content (AvgIpc) is 3.18. The molecule has 0 amide bonds. The molecule has 0 radical (unpaired) electrons. The first-order valence-electron chi connectivity index (χ1n) is 7.53. The summed E-state index contributed by atoms with van der Waals surface area (Å²) >= 11 is 1.45. The van der Waals surface area contributed by atoms with E-state index in [2.05, 4.69) is 4.98 Å². The summed E-state index contributed by atoms with van der Waals surface area (Å²) in [4.78, 5) is 6.20. The van der Waals surface area contributed by atoms with E-state index in [4.69, 9.17) is 14.9 Å². The maximum absolute atomic E-state index is 10.4. The number of nitrogens with zero attached hydrogens (tertiary/aromatic N) is 2. The van der Waals surface area contributed by atoms with Crippen LogP contribution in [-0.2, 0) is 6.42 Å². The lowest BCUT2D eigenvalue weighted by atomic mass is 10.2. The normalized spacial score (nSPS) is 14.5. The molecule has 1 aromatic heterocycles. The topological polar surface area (TPSA) is 78.7 Å². The van der Waals surface area contributed by atoms with E-state index in [1.165, 1.54) is 11.3 Å². The van der Waals surface area contributed by atoms with Gasteiger partial charge in [-0.2, -0.15) is 0 Å². The third-order valence-electron chi connectivity index (χ3n) is 3.88. The Morgan fingerprint density at radius 3 is 2.46 bits per heavy atom. The van der Waals surface area contributed by atoms with Crippen molar-refractivity contribution < 1.29 is 14.6 Å². The third kappa shape index (κ3) is 2.82. The molecule has 1 aliphatic heterocycles. The molecule has 0 saturated heterocycles. The number of methoxy groups -OCH3 is 2. The Balaban J connectivity index is 1.95. The number of amidine groups is 1. The summed E-state index contributed by atoms with van der Waals surface area (Å²) in [7, 11) is 3.16. The Morgan fingerprint density at radius 1 is 1.25 bits per heavy atom. The van der Waals surface area contributed by atoms with E-state index >= 15 is 0 Å². The van der Waals surface area contributed by atoms with Gasteiger partial charge in [0.1, 0.15) is 28.1 Å². The standard InChI is InChI=1S/C17H19N3O3S/c1-4-10-9-24-17(19-10)15-14(21)8-20(16(15)18)11-5-12(22-2)7-13(6-11)23-3/h5-7,9,18,21H,4,8H2,1-3H3. The van der Waals surface area contributed by atoms with Crippen molar-refractivity contribution in [2.75, 3.05) is 25.7 Å². The van der Waals surface area contributed by atoms with Crippen LogP contribution >= 0.6 is 11.3 Å². The van der Waals surface area contributed by atoms with Crippen molar-refractivity contribution in [2.45, 2.75) is 13.3 Å². The molecule has 0 aliphatic carbocycles. The molecule has 2 aromatic rings. The summed E-state index contributed by atoms with van der Waals surface area (Å²) in [6.07, 6.45) is 0.828. The van der Waals surface area contributed by atoms with Gasteiger partial charge in [0, 0.05) is 23.6 Å². The lowest BCUT2D eigenvalue weighted by molar-refractivity contribution is 0.394. The summed E-state index contributed by atoms with van der Waals surface area (Å²) in [6.45, 7) is 2.26. The zero-order valence-electron chi connectivity index (χ0n) is 13.8. The number of hydrogen-bond donors (Lipinski definition) is 2. The SMILES string of the molecule is CCc1csc(C2=C(O)CN(c3cc(OC)cc(OC)c3)C2=N)n1. The number of anilines is 1. The Morgan fingerprint density at radius 2 is 1.92 bits per heavy atom. The monoisotopic (exact) mass is 345 g/mol. The molecular formula is C17H19N3O3S. The zero-order valence-corrected chi connectivity index (χ0v) is 14.6. The van der Waals surface area contributed by atoms with Gasteiger partial charge in [-0.1, -0.05) is 6.92 Å². The van der Waals surface area contributed by atoms with Crippen molar-refractivity contribution >= 4 is 28.4 Å². The van der Waals surface area contributed by atoms with Crippen LogP contribution in [0.4, 0.5) is 5.69 Å². The van der Waals surface area contributed by atoms with E-state index in [1.807, 2.05) is 24.4 Å². The van der Waals surface area contributed by atoms with Crippen molar-refractivity contribution in [3.05, 3.63) is 40.0 Å². The first-order valence-corrected chi connectivity index (χ1v) is 8.41. The Labute approximate surface area is 144 Å². The van der Waals surface area contributed by atoms with Crippen LogP contribution in [0.15, 0.2) is 29.3 Å². The lowest BCUT2D eigenvalue weighted by Gasteiger charge is -2.20. The quantitative estimate of drug-likeness (QED) is 0.867. The Bertz CT molecular complexity index is 791. The highest BCUT2D eigenvalue weighted by atomic mass is 32.1. The Kier molecular flexibility index (Phi) is 4.44. The molecule has 7 heteroatoms. The fourth-order valence-electron chi connectivity index (χ4n) is 2.56. The van der Waals surface area contributed by atoms with Gasteiger partial charge in [0.25, 0.3) is 0 Å². The van der Waals surface area contributed by atoms with Gasteiger partial charge in [0.2, 0.25) is 0 Å². The number of aryl methyl sites for hydroxylation is 1.